The van der Waals surface area contributed by atoms with Crippen LogP contribution in [0.25, 0.3) is 0 Å². The van der Waals surface area contributed by atoms with Crippen LogP contribution in [-0.4, -0.2) is 25.5 Å². The molecule has 0 amide bonds. The Hall–Kier alpha value is -1.94. The normalized spacial score (nSPS) is 13.9. The number of benzene rings is 2. The summed E-state index contributed by atoms with van der Waals surface area (Å²) in [6.45, 7) is 1.07. The van der Waals surface area contributed by atoms with E-state index < -0.39 is 0 Å². The maximum absolute atomic E-state index is 6.45. The van der Waals surface area contributed by atoms with E-state index in [-0.39, 0.29) is 0 Å². The lowest BCUT2D eigenvalue weighted by Gasteiger charge is -2.19. The van der Waals surface area contributed by atoms with Gasteiger partial charge in [-0.15, -0.1) is 0 Å². The molecule has 5 heteroatoms. The fourth-order valence-corrected chi connectivity index (χ4v) is 3.56. The number of nitrogens with one attached hydrogen (secondary N) is 2. The SMILES string of the molecule is CN(C)CCCc1ccc(Nc2ccccc2Cl)c(NC2=C(Cl)CCC=C2)c1. The maximum atomic E-state index is 6.45. The molecule has 0 fully saturated rings. The van der Waals surface area contributed by atoms with Gasteiger partial charge in [0.2, 0.25) is 0 Å². The van der Waals surface area contributed by atoms with Gasteiger partial charge in [-0.1, -0.05) is 47.5 Å². The van der Waals surface area contributed by atoms with Crippen molar-refractivity contribution in [3.63, 3.8) is 0 Å². The van der Waals surface area contributed by atoms with E-state index in [0.717, 1.165) is 60.0 Å². The summed E-state index contributed by atoms with van der Waals surface area (Å²) in [6.07, 6.45) is 8.21. The maximum Gasteiger partial charge on any atom is 0.0640 e. The number of nitrogens with zero attached hydrogens (tertiary/aromatic N) is 1. The van der Waals surface area contributed by atoms with E-state index in [2.05, 4.69) is 60.0 Å². The van der Waals surface area contributed by atoms with E-state index in [1.165, 1.54) is 5.56 Å². The summed E-state index contributed by atoms with van der Waals surface area (Å²) in [5, 5.41) is 8.54. The Kier molecular flexibility index (Phi) is 7.43. The Bertz CT molecular complexity index is 872. The molecule has 0 saturated carbocycles. The molecule has 28 heavy (non-hydrogen) atoms. The molecule has 1 aliphatic rings. The van der Waals surface area contributed by atoms with Gasteiger partial charge in [0, 0.05) is 5.03 Å². The molecule has 0 unspecified atom stereocenters. The van der Waals surface area contributed by atoms with Gasteiger partial charge in [0.25, 0.3) is 0 Å². The van der Waals surface area contributed by atoms with E-state index in [4.69, 9.17) is 23.2 Å². The molecule has 3 rings (SSSR count). The van der Waals surface area contributed by atoms with Crippen LogP contribution in [0.4, 0.5) is 17.1 Å². The second-order valence-corrected chi connectivity index (χ2v) is 8.14. The lowest BCUT2D eigenvalue weighted by Crippen LogP contribution is -2.13. The minimum Gasteiger partial charge on any atom is -0.353 e. The van der Waals surface area contributed by atoms with Gasteiger partial charge in [-0.3, -0.25) is 0 Å². The first kappa shape index (κ1) is 20.8. The lowest BCUT2D eigenvalue weighted by atomic mass is 10.1. The van der Waals surface area contributed by atoms with Crippen LogP contribution in [0.3, 0.4) is 0 Å². The van der Waals surface area contributed by atoms with Gasteiger partial charge in [-0.25, -0.2) is 0 Å². The van der Waals surface area contributed by atoms with Crippen molar-refractivity contribution in [2.24, 2.45) is 0 Å². The number of halogens is 2. The molecule has 148 valence electrons. The first-order valence-corrected chi connectivity index (χ1v) is 10.4. The Morgan fingerprint density at radius 2 is 1.79 bits per heavy atom. The molecule has 0 bridgehead atoms. The van der Waals surface area contributed by atoms with Gasteiger partial charge < -0.3 is 15.5 Å². The summed E-state index contributed by atoms with van der Waals surface area (Å²) in [4.78, 5) is 2.21. The van der Waals surface area contributed by atoms with Crippen LogP contribution in [0, 0.1) is 0 Å². The average molecular weight is 416 g/mol. The monoisotopic (exact) mass is 415 g/mol. The Morgan fingerprint density at radius 1 is 0.964 bits per heavy atom. The smallest absolute Gasteiger partial charge is 0.0640 e. The zero-order valence-corrected chi connectivity index (χ0v) is 17.9. The van der Waals surface area contributed by atoms with Crippen molar-refractivity contribution >= 4 is 40.3 Å². The molecule has 2 aromatic carbocycles. The van der Waals surface area contributed by atoms with Gasteiger partial charge in [0.05, 0.1) is 27.8 Å². The highest BCUT2D eigenvalue weighted by molar-refractivity contribution is 6.33. The first-order chi connectivity index (χ1) is 13.5. The van der Waals surface area contributed by atoms with Crippen molar-refractivity contribution in [2.75, 3.05) is 31.3 Å². The van der Waals surface area contributed by atoms with Crippen molar-refractivity contribution in [1.82, 2.24) is 4.90 Å². The van der Waals surface area contributed by atoms with Crippen LogP contribution in [0.5, 0.6) is 0 Å². The second kappa shape index (κ2) is 10.0. The molecule has 0 aromatic heterocycles. The van der Waals surface area contributed by atoms with Crippen LogP contribution < -0.4 is 10.6 Å². The number of hydrogen-bond donors (Lipinski definition) is 2. The molecule has 0 heterocycles. The predicted molar refractivity (Wildman–Crippen MR) is 123 cm³/mol. The molecule has 1 aliphatic carbocycles. The number of hydrogen-bond acceptors (Lipinski definition) is 3. The number of aryl methyl sites for hydroxylation is 1. The summed E-state index contributed by atoms with van der Waals surface area (Å²) in [7, 11) is 4.21. The quantitative estimate of drug-likeness (QED) is 0.496. The highest BCUT2D eigenvalue weighted by Gasteiger charge is 2.11. The van der Waals surface area contributed by atoms with Gasteiger partial charge >= 0.3 is 0 Å². The van der Waals surface area contributed by atoms with Crippen LogP contribution in [-0.2, 0) is 6.42 Å². The number of anilines is 3. The summed E-state index contributed by atoms with van der Waals surface area (Å²) in [5.74, 6) is 0. The fourth-order valence-electron chi connectivity index (χ4n) is 3.16. The van der Waals surface area contributed by atoms with E-state index in [1.807, 2.05) is 24.3 Å². The fraction of sp³-hybridized carbons (Fsp3) is 0.304. The topological polar surface area (TPSA) is 27.3 Å². The minimum atomic E-state index is 0.693. The van der Waals surface area contributed by atoms with Crippen molar-refractivity contribution in [1.29, 1.82) is 0 Å². The number of rotatable bonds is 8. The Morgan fingerprint density at radius 3 is 2.54 bits per heavy atom. The Balaban J connectivity index is 1.87. The van der Waals surface area contributed by atoms with Crippen molar-refractivity contribution in [3.05, 3.63) is 75.9 Å². The van der Waals surface area contributed by atoms with Crippen LogP contribution in [0.1, 0.15) is 24.8 Å². The summed E-state index contributed by atoms with van der Waals surface area (Å²) >= 11 is 12.8. The molecule has 0 radical (unpaired) electrons. The highest BCUT2D eigenvalue weighted by Crippen LogP contribution is 2.33. The summed E-state index contributed by atoms with van der Waals surface area (Å²) in [6, 6.07) is 14.2. The van der Waals surface area contributed by atoms with Crippen LogP contribution in [0.15, 0.2) is 65.3 Å². The molecule has 0 atom stereocenters. The minimum absolute atomic E-state index is 0.693. The second-order valence-electron chi connectivity index (χ2n) is 7.28. The highest BCUT2D eigenvalue weighted by atomic mass is 35.5. The van der Waals surface area contributed by atoms with Gasteiger partial charge in [0.15, 0.2) is 0 Å². The standard InChI is InChI=1S/C23H27Cl2N3/c1-28(2)15-7-8-17-13-14-22(26-20-11-5-3-9-18(20)24)23(16-17)27-21-12-6-4-10-19(21)25/h3,5-6,9,11-14,16,26-27H,4,7-8,10,15H2,1-2H3. The zero-order chi connectivity index (χ0) is 19.9. The molecule has 3 nitrogen and oxygen atoms in total. The molecular formula is C23H27Cl2N3. The van der Waals surface area contributed by atoms with E-state index in [1.54, 1.807) is 0 Å². The molecule has 2 N–H and O–H groups in total. The van der Waals surface area contributed by atoms with Crippen molar-refractivity contribution < 1.29 is 0 Å². The largest absolute Gasteiger partial charge is 0.353 e. The molecule has 2 aromatic rings. The van der Waals surface area contributed by atoms with Gasteiger partial charge in [0.1, 0.15) is 0 Å². The molecule has 0 saturated heterocycles. The third-order valence-electron chi connectivity index (χ3n) is 4.67. The van der Waals surface area contributed by atoms with E-state index >= 15 is 0 Å². The van der Waals surface area contributed by atoms with E-state index in [0.29, 0.717) is 5.02 Å². The number of para-hydroxylation sites is 1. The van der Waals surface area contributed by atoms with Crippen molar-refractivity contribution in [3.8, 4) is 0 Å². The third kappa shape index (κ3) is 5.78. The molecule has 0 spiro atoms. The van der Waals surface area contributed by atoms with Crippen LogP contribution in [0.2, 0.25) is 5.02 Å². The number of allylic oxidation sites excluding steroid dienone is 3. The molecular weight excluding hydrogens is 389 g/mol. The van der Waals surface area contributed by atoms with Gasteiger partial charge in [-0.05, 0) is 82.2 Å². The van der Waals surface area contributed by atoms with E-state index in [9.17, 15) is 0 Å². The van der Waals surface area contributed by atoms with Crippen LogP contribution >= 0.6 is 23.2 Å². The third-order valence-corrected chi connectivity index (χ3v) is 5.40. The predicted octanol–water partition coefficient (Wildman–Crippen LogP) is 6.79. The summed E-state index contributed by atoms with van der Waals surface area (Å²) in [5.41, 5.74) is 5.11. The lowest BCUT2D eigenvalue weighted by molar-refractivity contribution is 0.400. The van der Waals surface area contributed by atoms with Gasteiger partial charge in [-0.2, -0.15) is 0 Å². The summed E-state index contributed by atoms with van der Waals surface area (Å²) < 4.78 is 0. The Labute approximate surface area is 178 Å². The average Bonchev–Trinajstić information content (AvgIpc) is 2.67. The molecule has 0 aliphatic heterocycles. The first-order valence-electron chi connectivity index (χ1n) is 9.64. The van der Waals surface area contributed by atoms with Crippen molar-refractivity contribution in [2.45, 2.75) is 25.7 Å². The zero-order valence-electron chi connectivity index (χ0n) is 16.4.